The minimum Gasteiger partial charge on any atom is -0.345 e. The van der Waals surface area contributed by atoms with E-state index < -0.39 is 12.7 Å². The Hall–Kier alpha value is -1.37. The van der Waals surface area contributed by atoms with Crippen molar-refractivity contribution in [3.63, 3.8) is 0 Å². The molecule has 17 heavy (non-hydrogen) atoms. The Morgan fingerprint density at radius 2 is 2.06 bits per heavy atom. The van der Waals surface area contributed by atoms with E-state index in [0.717, 1.165) is 5.39 Å². The number of hydrogen-bond donors (Lipinski definition) is 1. The maximum Gasteiger partial charge on any atom is 0.405 e. The molecule has 1 aromatic heterocycles. The van der Waals surface area contributed by atoms with Gasteiger partial charge >= 0.3 is 6.18 Å². The molecular formula is C10H7BrF3N3. The first kappa shape index (κ1) is 12.1. The summed E-state index contributed by atoms with van der Waals surface area (Å²) >= 11 is 3.28. The third-order valence-electron chi connectivity index (χ3n) is 2.01. The van der Waals surface area contributed by atoms with Crippen molar-refractivity contribution in [1.29, 1.82) is 0 Å². The number of alkyl halides is 3. The molecule has 1 aromatic carbocycles. The smallest absolute Gasteiger partial charge is 0.345 e. The number of nitrogens with one attached hydrogen (secondary N) is 1. The quantitative estimate of drug-likeness (QED) is 0.924. The van der Waals surface area contributed by atoms with Crippen molar-refractivity contribution in [1.82, 2.24) is 9.97 Å². The van der Waals surface area contributed by atoms with Gasteiger partial charge in [-0.15, -0.1) is 0 Å². The molecule has 0 aliphatic heterocycles. The Morgan fingerprint density at radius 1 is 1.29 bits per heavy atom. The second kappa shape index (κ2) is 4.48. The Bertz CT molecular complexity index is 542. The highest BCUT2D eigenvalue weighted by Crippen LogP contribution is 2.22. The lowest BCUT2D eigenvalue weighted by Gasteiger charge is -2.08. The molecule has 0 aliphatic rings. The minimum absolute atomic E-state index is 0.0401. The van der Waals surface area contributed by atoms with Crippen LogP contribution in [0.15, 0.2) is 28.9 Å². The molecule has 2 rings (SSSR count). The van der Waals surface area contributed by atoms with E-state index in [4.69, 9.17) is 0 Å². The maximum atomic E-state index is 12.0. The highest BCUT2D eigenvalue weighted by molar-refractivity contribution is 9.10. The highest BCUT2D eigenvalue weighted by Gasteiger charge is 2.27. The molecule has 90 valence electrons. The standard InChI is InChI=1S/C10H7BrF3N3/c11-7-3-1-2-6-4-15-9(17-8(6)7)16-5-10(12,13)14/h1-4H,5H2,(H,15,16,17). The molecule has 0 saturated carbocycles. The fourth-order valence-corrected chi connectivity index (χ4v) is 1.75. The molecule has 0 radical (unpaired) electrons. The van der Waals surface area contributed by atoms with Crippen LogP contribution in [0, 0.1) is 0 Å². The van der Waals surface area contributed by atoms with E-state index in [1.807, 2.05) is 0 Å². The Balaban J connectivity index is 2.28. The highest BCUT2D eigenvalue weighted by atomic mass is 79.9. The molecular weight excluding hydrogens is 299 g/mol. The molecule has 0 saturated heterocycles. The minimum atomic E-state index is -4.29. The van der Waals surface area contributed by atoms with Gasteiger partial charge in [0.25, 0.3) is 0 Å². The van der Waals surface area contributed by atoms with Crippen molar-refractivity contribution in [2.45, 2.75) is 6.18 Å². The summed E-state index contributed by atoms with van der Waals surface area (Å²) < 4.78 is 36.7. The number of anilines is 1. The monoisotopic (exact) mass is 305 g/mol. The van der Waals surface area contributed by atoms with Crippen LogP contribution < -0.4 is 5.32 Å². The third kappa shape index (κ3) is 3.06. The fraction of sp³-hybridized carbons (Fsp3) is 0.200. The Kier molecular flexibility index (Phi) is 3.19. The lowest BCUT2D eigenvalue weighted by Crippen LogP contribution is -2.22. The molecule has 2 aromatic rings. The van der Waals surface area contributed by atoms with Crippen LogP contribution in [0.25, 0.3) is 10.9 Å². The molecule has 0 spiro atoms. The molecule has 0 amide bonds. The number of rotatable bonds is 2. The maximum absolute atomic E-state index is 12.0. The predicted molar refractivity (Wildman–Crippen MR) is 61.8 cm³/mol. The summed E-state index contributed by atoms with van der Waals surface area (Å²) in [5.41, 5.74) is 0.576. The number of nitrogens with zero attached hydrogens (tertiary/aromatic N) is 2. The van der Waals surface area contributed by atoms with Crippen LogP contribution in [0.2, 0.25) is 0 Å². The zero-order valence-corrected chi connectivity index (χ0v) is 10.0. The van der Waals surface area contributed by atoms with E-state index in [2.05, 4.69) is 31.2 Å². The van der Waals surface area contributed by atoms with E-state index in [1.54, 1.807) is 18.2 Å². The molecule has 7 heteroatoms. The van der Waals surface area contributed by atoms with Gasteiger partial charge in [-0.2, -0.15) is 13.2 Å². The molecule has 3 nitrogen and oxygen atoms in total. The second-order valence-corrected chi connectivity index (χ2v) is 4.19. The lowest BCUT2D eigenvalue weighted by molar-refractivity contribution is -0.115. The summed E-state index contributed by atoms with van der Waals surface area (Å²) in [5, 5.41) is 2.90. The number of hydrogen-bond acceptors (Lipinski definition) is 3. The Labute approximate surface area is 103 Å². The van der Waals surface area contributed by atoms with Crippen LogP contribution in [0.4, 0.5) is 19.1 Å². The first-order chi connectivity index (χ1) is 7.96. The van der Waals surface area contributed by atoms with Gasteiger partial charge < -0.3 is 5.32 Å². The zero-order valence-electron chi connectivity index (χ0n) is 8.42. The summed E-state index contributed by atoms with van der Waals surface area (Å²) in [4.78, 5) is 7.82. The summed E-state index contributed by atoms with van der Waals surface area (Å²) in [6.07, 6.45) is -2.81. The van der Waals surface area contributed by atoms with Gasteiger partial charge in [0.2, 0.25) is 5.95 Å². The van der Waals surface area contributed by atoms with E-state index in [-0.39, 0.29) is 5.95 Å². The van der Waals surface area contributed by atoms with Crippen molar-refractivity contribution < 1.29 is 13.2 Å². The van der Waals surface area contributed by atoms with E-state index in [1.165, 1.54) is 6.20 Å². The first-order valence-electron chi connectivity index (χ1n) is 4.67. The summed E-state index contributed by atoms with van der Waals surface area (Å²) in [5.74, 6) is -0.0401. The lowest BCUT2D eigenvalue weighted by atomic mass is 10.2. The molecule has 0 fully saturated rings. The second-order valence-electron chi connectivity index (χ2n) is 3.34. The number of fused-ring (bicyclic) bond motifs is 1. The van der Waals surface area contributed by atoms with Crippen LogP contribution in [-0.4, -0.2) is 22.7 Å². The van der Waals surface area contributed by atoms with Gasteiger partial charge in [0.05, 0.1) is 5.52 Å². The topological polar surface area (TPSA) is 37.8 Å². The van der Waals surface area contributed by atoms with Crippen molar-refractivity contribution in [2.24, 2.45) is 0 Å². The van der Waals surface area contributed by atoms with Gasteiger partial charge in [-0.05, 0) is 22.0 Å². The van der Waals surface area contributed by atoms with E-state index >= 15 is 0 Å². The van der Waals surface area contributed by atoms with Gasteiger partial charge in [0.15, 0.2) is 0 Å². The summed E-state index contributed by atoms with van der Waals surface area (Å²) in [7, 11) is 0. The van der Waals surface area contributed by atoms with Gasteiger partial charge in [0.1, 0.15) is 6.54 Å². The van der Waals surface area contributed by atoms with Crippen LogP contribution in [-0.2, 0) is 0 Å². The van der Waals surface area contributed by atoms with Crippen LogP contribution >= 0.6 is 15.9 Å². The zero-order chi connectivity index (χ0) is 12.5. The van der Waals surface area contributed by atoms with Crippen molar-refractivity contribution in [3.05, 3.63) is 28.9 Å². The number of halogens is 4. The number of para-hydroxylation sites is 1. The molecule has 0 unspecified atom stereocenters. The van der Waals surface area contributed by atoms with Crippen molar-refractivity contribution in [3.8, 4) is 0 Å². The van der Waals surface area contributed by atoms with Crippen LogP contribution in [0.1, 0.15) is 0 Å². The average molecular weight is 306 g/mol. The molecule has 1 heterocycles. The van der Waals surface area contributed by atoms with Gasteiger partial charge in [0, 0.05) is 16.1 Å². The summed E-state index contributed by atoms with van der Waals surface area (Å²) in [6.45, 7) is -1.15. The van der Waals surface area contributed by atoms with Crippen molar-refractivity contribution in [2.75, 3.05) is 11.9 Å². The number of benzene rings is 1. The van der Waals surface area contributed by atoms with Gasteiger partial charge in [-0.3, -0.25) is 0 Å². The molecule has 0 aliphatic carbocycles. The van der Waals surface area contributed by atoms with Gasteiger partial charge in [-0.25, -0.2) is 9.97 Å². The van der Waals surface area contributed by atoms with Crippen molar-refractivity contribution >= 4 is 32.8 Å². The number of aromatic nitrogens is 2. The van der Waals surface area contributed by atoms with E-state index in [9.17, 15) is 13.2 Å². The molecule has 0 bridgehead atoms. The first-order valence-corrected chi connectivity index (χ1v) is 5.47. The largest absolute Gasteiger partial charge is 0.405 e. The molecule has 0 atom stereocenters. The van der Waals surface area contributed by atoms with Crippen LogP contribution in [0.5, 0.6) is 0 Å². The van der Waals surface area contributed by atoms with Crippen LogP contribution in [0.3, 0.4) is 0 Å². The predicted octanol–water partition coefficient (Wildman–Crippen LogP) is 3.37. The third-order valence-corrected chi connectivity index (χ3v) is 2.65. The fourth-order valence-electron chi connectivity index (χ4n) is 1.28. The SMILES string of the molecule is FC(F)(F)CNc1ncc2cccc(Br)c2n1. The summed E-state index contributed by atoms with van der Waals surface area (Å²) in [6, 6.07) is 5.36. The average Bonchev–Trinajstić information content (AvgIpc) is 2.26. The van der Waals surface area contributed by atoms with Gasteiger partial charge in [-0.1, -0.05) is 12.1 Å². The van der Waals surface area contributed by atoms with E-state index in [0.29, 0.717) is 9.99 Å². The molecule has 1 N–H and O–H groups in total. The Morgan fingerprint density at radius 3 is 2.76 bits per heavy atom. The normalized spacial score (nSPS) is 11.8.